The zero-order valence-electron chi connectivity index (χ0n) is 51.3. The third-order valence-electron chi connectivity index (χ3n) is 18.3. The van der Waals surface area contributed by atoms with Crippen LogP contribution in [0.1, 0.15) is 114 Å². The third-order valence-corrected chi connectivity index (χ3v) is 21.4. The Kier molecular flexibility index (Phi) is 20.0. The Morgan fingerprint density at radius 2 is 0.977 bits per heavy atom. The summed E-state index contributed by atoms with van der Waals surface area (Å²) < 4.78 is 0. The van der Waals surface area contributed by atoms with E-state index in [0.29, 0.717) is 68.3 Å². The van der Waals surface area contributed by atoms with Gasteiger partial charge in [0.25, 0.3) is 11.8 Å². The molecule has 4 aromatic carbocycles. The van der Waals surface area contributed by atoms with Crippen LogP contribution in [0.25, 0.3) is 0 Å². The molecule has 3 amide bonds. The number of rotatable bonds is 12. The van der Waals surface area contributed by atoms with E-state index in [4.69, 9.17) is 56.4 Å². The lowest BCUT2D eigenvalue weighted by Crippen LogP contribution is -2.48. The van der Waals surface area contributed by atoms with Gasteiger partial charge in [-0.25, -0.2) is 14.8 Å². The molecule has 4 fully saturated rings. The zero-order valence-corrected chi connectivity index (χ0v) is 55.9. The largest absolute Gasteiger partial charge is 0.480 e. The Morgan fingerprint density at radius 3 is 1.33 bits per heavy atom. The molecule has 15 nitrogen and oxygen atoms in total. The molecule has 87 heavy (non-hydrogen) atoms. The number of nitrogens with one attached hydrogen (secondary N) is 1. The Labute approximate surface area is 541 Å². The standard InChI is InChI=1S/C33H39Cl2N5O2S.C27H27Cl2N3O3S.C6H14N2/c1-20(2)27-28(31(42)39-17-6-7-26(39)30(41)38-18-16-25(19-38)37(4)5)43-32-36-33(3,22-10-14-24(35)15-11-22)29(40(27)32)21-8-12-23(34)13-9-21;1-15(2)21-22(24(33)31-14-4-5-20(31)25(34)35)36-26-30-27(3,17-8-12-19(29)13-9-17)23(32(21)26)16-6-10-18(28)11-7-16;1-8(2)6-3-4-7-5-6/h8-15,20,25-26,29H,6-7,16-19H2,1-5H3;6-13,15,20,23H,4-5,14H2,1-3H3,(H,34,35);6-7H,3-5H2,1-2H3/t25-,26+,29-,33+;20-,23+,27-;6-/m101/s1. The molecule has 0 unspecified atom stereocenters. The highest BCUT2D eigenvalue weighted by molar-refractivity contribution is 8.18. The minimum absolute atomic E-state index is 0.0115. The summed E-state index contributed by atoms with van der Waals surface area (Å²) in [5.41, 5.74) is 4.70. The summed E-state index contributed by atoms with van der Waals surface area (Å²) in [6.45, 7) is 17.5. The molecular formula is C66H80Cl4N10O5S2. The quantitative estimate of drug-likeness (QED) is 0.139. The zero-order chi connectivity index (χ0) is 62.4. The lowest BCUT2D eigenvalue weighted by atomic mass is 9.81. The fourth-order valence-corrected chi connectivity index (χ4v) is 16.8. The van der Waals surface area contributed by atoms with Crippen LogP contribution in [0.4, 0.5) is 0 Å². The number of halogens is 4. The number of aliphatic imine (C=N–C) groups is 2. The summed E-state index contributed by atoms with van der Waals surface area (Å²) in [6, 6.07) is 30.8. The molecule has 21 heteroatoms. The molecule has 0 bridgehead atoms. The molecule has 2 N–H and O–H groups in total. The number of aliphatic carboxylic acids is 1. The van der Waals surface area contributed by atoms with Crippen molar-refractivity contribution in [1.82, 2.24) is 39.6 Å². The molecule has 8 aliphatic rings. The molecule has 8 aliphatic heterocycles. The number of hydrogen-bond donors (Lipinski definition) is 2. The minimum Gasteiger partial charge on any atom is -0.480 e. The van der Waals surface area contributed by atoms with Crippen molar-refractivity contribution < 1.29 is 24.3 Å². The van der Waals surface area contributed by atoms with Crippen LogP contribution in [-0.4, -0.2) is 165 Å². The summed E-state index contributed by atoms with van der Waals surface area (Å²) in [4.78, 5) is 79.6. The first-order valence-electron chi connectivity index (χ1n) is 30.2. The number of benzene rings is 4. The van der Waals surface area contributed by atoms with Crippen LogP contribution in [0.15, 0.2) is 128 Å². The van der Waals surface area contributed by atoms with Gasteiger partial charge in [-0.05, 0) is 193 Å². The topological polar surface area (TPSA) is 148 Å². The number of nitrogens with zero attached hydrogens (tertiary/aromatic N) is 9. The molecule has 4 saturated heterocycles. The fourth-order valence-electron chi connectivity index (χ4n) is 13.6. The predicted molar refractivity (Wildman–Crippen MR) is 354 cm³/mol. The second-order valence-corrected chi connectivity index (χ2v) is 28.8. The Bertz CT molecular complexity index is 3360. The Morgan fingerprint density at radius 1 is 0.575 bits per heavy atom. The third kappa shape index (κ3) is 13.0. The van der Waals surface area contributed by atoms with E-state index in [1.807, 2.05) is 107 Å². The number of likely N-dealkylation sites (tertiary alicyclic amines) is 3. The van der Waals surface area contributed by atoms with Crippen LogP contribution in [-0.2, 0) is 30.3 Å². The van der Waals surface area contributed by atoms with Crippen molar-refractivity contribution >= 4 is 104 Å². The van der Waals surface area contributed by atoms with E-state index in [1.165, 1.54) is 47.9 Å². The molecule has 12 rings (SSSR count). The first-order chi connectivity index (χ1) is 41.4. The summed E-state index contributed by atoms with van der Waals surface area (Å²) in [5, 5.41) is 17.2. The molecule has 8 atom stereocenters. The highest BCUT2D eigenvalue weighted by Crippen LogP contribution is 2.58. The number of likely N-dealkylation sites (N-methyl/N-ethyl adjacent to an activating group) is 2. The molecule has 4 aromatic rings. The van der Waals surface area contributed by atoms with Gasteiger partial charge in [0, 0.05) is 76.3 Å². The van der Waals surface area contributed by atoms with Crippen molar-refractivity contribution in [3.05, 3.63) is 161 Å². The first-order valence-corrected chi connectivity index (χ1v) is 33.4. The smallest absolute Gasteiger partial charge is 0.326 e. The van der Waals surface area contributed by atoms with Gasteiger partial charge in [-0.15, -0.1) is 0 Å². The predicted octanol–water partition coefficient (Wildman–Crippen LogP) is 12.6. The average Bonchev–Trinajstić information content (AvgIpc) is 1.58. The van der Waals surface area contributed by atoms with Crippen molar-refractivity contribution in [1.29, 1.82) is 0 Å². The summed E-state index contributed by atoms with van der Waals surface area (Å²) >= 11 is 27.8. The van der Waals surface area contributed by atoms with Gasteiger partial charge >= 0.3 is 5.97 Å². The van der Waals surface area contributed by atoms with Gasteiger partial charge in [-0.3, -0.25) is 14.4 Å². The average molecular weight is 1300 g/mol. The number of thioether (sulfide) groups is 2. The van der Waals surface area contributed by atoms with Crippen molar-refractivity contribution in [3.63, 3.8) is 0 Å². The Balaban J connectivity index is 0.000000172. The van der Waals surface area contributed by atoms with Crippen LogP contribution in [0.3, 0.4) is 0 Å². The van der Waals surface area contributed by atoms with Crippen molar-refractivity contribution in [3.8, 4) is 0 Å². The van der Waals surface area contributed by atoms with Crippen LogP contribution in [0.2, 0.25) is 20.1 Å². The Hall–Kier alpha value is -5.08. The van der Waals surface area contributed by atoms with Crippen LogP contribution >= 0.6 is 69.9 Å². The second-order valence-electron chi connectivity index (χ2n) is 25.1. The van der Waals surface area contributed by atoms with E-state index in [-0.39, 0.29) is 41.6 Å². The lowest BCUT2D eigenvalue weighted by Gasteiger charge is -2.37. The number of carboxylic acids is 1. The summed E-state index contributed by atoms with van der Waals surface area (Å²) in [6.07, 6.45) is 4.97. The maximum absolute atomic E-state index is 14.4. The molecule has 0 aliphatic carbocycles. The molecular weight excluding hydrogens is 1220 g/mol. The highest BCUT2D eigenvalue weighted by Gasteiger charge is 2.56. The van der Waals surface area contributed by atoms with Crippen molar-refractivity contribution in [2.24, 2.45) is 21.8 Å². The van der Waals surface area contributed by atoms with Gasteiger partial charge in [-0.1, -0.05) is 123 Å². The van der Waals surface area contributed by atoms with Crippen LogP contribution < -0.4 is 5.32 Å². The highest BCUT2D eigenvalue weighted by atomic mass is 35.5. The SMILES string of the molecule is CC(C)C1=C(C(=O)N2CCC[C@H]2C(=O)N2CC[C@@H](N(C)C)C2)SC2=N[C@@](C)(c3ccc(Cl)cc3)[C@@H](c3ccc(Cl)cc3)N21.CC(C)C1=C(C(=O)N2CCC[C@H]2C(=O)O)SC2=N[C@@](C)(c3ccc(Cl)cc3)[C@@H](c3ccc(Cl)cc3)N21.CN(C)[C@@H]1CCNC1. The molecule has 464 valence electrons. The second kappa shape index (κ2) is 26.8. The van der Waals surface area contributed by atoms with E-state index in [2.05, 4.69) is 94.6 Å². The van der Waals surface area contributed by atoms with Gasteiger partial charge < -0.3 is 44.7 Å². The number of carbonyl (C=O) groups is 4. The maximum Gasteiger partial charge on any atom is 0.326 e. The van der Waals surface area contributed by atoms with E-state index in [1.54, 1.807) is 0 Å². The number of allylic oxidation sites excluding steroid dienone is 2. The fraction of sp³-hybridized carbons (Fsp3) is 0.485. The van der Waals surface area contributed by atoms with Crippen molar-refractivity contribution in [2.75, 3.05) is 67.5 Å². The molecule has 8 heterocycles. The summed E-state index contributed by atoms with van der Waals surface area (Å²) in [5.74, 6) is -1.10. The maximum atomic E-state index is 14.4. The monoisotopic (exact) mass is 1300 g/mol. The van der Waals surface area contributed by atoms with Crippen LogP contribution in [0, 0.1) is 11.8 Å². The normalized spacial score (nSPS) is 26.7. The number of carboxylic acid groups (broad SMARTS) is 1. The van der Waals surface area contributed by atoms with Gasteiger partial charge in [-0.2, -0.15) is 0 Å². The molecule has 0 spiro atoms. The van der Waals surface area contributed by atoms with Crippen LogP contribution in [0.5, 0.6) is 0 Å². The number of amidine groups is 2. The van der Waals surface area contributed by atoms with E-state index in [0.717, 1.165) is 76.0 Å². The van der Waals surface area contributed by atoms with E-state index >= 15 is 0 Å². The minimum atomic E-state index is -0.956. The van der Waals surface area contributed by atoms with Gasteiger partial charge in [0.15, 0.2) is 10.3 Å². The van der Waals surface area contributed by atoms with Gasteiger partial charge in [0.1, 0.15) is 33.0 Å². The van der Waals surface area contributed by atoms with Gasteiger partial charge in [0.05, 0.1) is 12.1 Å². The molecule has 0 radical (unpaired) electrons. The van der Waals surface area contributed by atoms with E-state index < -0.39 is 29.1 Å². The number of fused-ring (bicyclic) bond motifs is 2. The molecule has 0 saturated carbocycles. The first kappa shape index (κ1) is 64.9. The number of carbonyl (C=O) groups excluding carboxylic acids is 3. The van der Waals surface area contributed by atoms with E-state index in [9.17, 15) is 24.3 Å². The number of hydrogen-bond acceptors (Lipinski definition) is 13. The summed E-state index contributed by atoms with van der Waals surface area (Å²) in [7, 11) is 8.40. The van der Waals surface area contributed by atoms with Crippen molar-refractivity contribution in [2.45, 2.75) is 127 Å². The lowest BCUT2D eigenvalue weighted by molar-refractivity contribution is -0.146. The molecule has 0 aromatic heterocycles. The number of amides is 3. The van der Waals surface area contributed by atoms with Gasteiger partial charge in [0.2, 0.25) is 5.91 Å².